The molecule has 2 radical (unpaired) electrons. The van der Waals surface area contributed by atoms with E-state index in [1.54, 1.807) is 6.08 Å². The minimum absolute atomic E-state index is 0.0240. The van der Waals surface area contributed by atoms with Crippen LogP contribution in [-0.4, -0.2) is 20.7 Å². The van der Waals surface area contributed by atoms with Crippen molar-refractivity contribution in [3.05, 3.63) is 83.8 Å². The smallest absolute Gasteiger partial charge is 0.378 e. The average Bonchev–Trinajstić information content (AvgIpc) is 3.05. The van der Waals surface area contributed by atoms with Gasteiger partial charge in [-0.1, -0.05) is 60.7 Å². The lowest BCUT2D eigenvalue weighted by molar-refractivity contribution is 0.120. The normalized spacial score (nSPS) is 22.6. The summed E-state index contributed by atoms with van der Waals surface area (Å²) in [6.07, 6.45) is 3.51. The van der Waals surface area contributed by atoms with Gasteiger partial charge in [0, 0.05) is 12.1 Å². The Balaban J connectivity index is 1.94. The highest BCUT2D eigenvalue weighted by Crippen LogP contribution is 2.74. The Kier molecular flexibility index (Phi) is 7.04. The van der Waals surface area contributed by atoms with Crippen LogP contribution in [0.1, 0.15) is 49.1 Å². The molecule has 0 saturated carbocycles. The zero-order chi connectivity index (χ0) is 20.0. The van der Waals surface area contributed by atoms with Gasteiger partial charge in [-0.2, -0.15) is 0 Å². The molecule has 2 aromatic rings. The second-order valence-electron chi connectivity index (χ2n) is 7.09. The van der Waals surface area contributed by atoms with Crippen LogP contribution in [0.25, 0.3) is 0 Å². The molecule has 146 valence electrons. The molecule has 1 aliphatic heterocycles. The summed E-state index contributed by atoms with van der Waals surface area (Å²) in [6.45, 7) is 4.26. The molecule has 1 fully saturated rings. The molecular formula is C22H27BNO3P. The van der Waals surface area contributed by atoms with Gasteiger partial charge < -0.3 is 14.0 Å². The van der Waals surface area contributed by atoms with Gasteiger partial charge in [-0.05, 0) is 37.8 Å². The van der Waals surface area contributed by atoms with Gasteiger partial charge in [0.15, 0.2) is 7.29 Å². The molecule has 1 unspecified atom stereocenters. The lowest BCUT2D eigenvalue weighted by Gasteiger charge is -2.30. The summed E-state index contributed by atoms with van der Waals surface area (Å²) < 4.78 is 24.6. The maximum absolute atomic E-state index is 14.5. The van der Waals surface area contributed by atoms with Gasteiger partial charge in [0.1, 0.15) is 0 Å². The largest absolute Gasteiger partial charge is 0.543 e. The second kappa shape index (κ2) is 9.49. The number of hydrogen-bond donors (Lipinski definition) is 1. The molecule has 1 N–H and O–H groups in total. The van der Waals surface area contributed by atoms with Crippen molar-refractivity contribution in [2.24, 2.45) is 0 Å². The number of rotatable bonds is 8. The van der Waals surface area contributed by atoms with Crippen molar-refractivity contribution in [1.29, 1.82) is 0 Å². The molecule has 4 nitrogen and oxygen atoms in total. The second-order valence-corrected chi connectivity index (χ2v) is 10.0. The highest BCUT2D eigenvalue weighted by atomic mass is 31.2. The lowest BCUT2D eigenvalue weighted by Crippen LogP contribution is -2.25. The van der Waals surface area contributed by atoms with E-state index < -0.39 is 7.29 Å². The third-order valence-corrected chi connectivity index (χ3v) is 8.98. The highest BCUT2D eigenvalue weighted by molar-refractivity contribution is 7.63. The van der Waals surface area contributed by atoms with Crippen LogP contribution in [0.5, 0.6) is 0 Å². The SMILES string of the molecule is [B]O/C(=C/C(C)NP1(=O)[C@H](c2ccccc2)CC[C@H]1c1ccccc1)OCC. The molecule has 0 bridgehead atoms. The van der Waals surface area contributed by atoms with Crippen molar-refractivity contribution < 1.29 is 14.0 Å². The first-order valence-corrected chi connectivity index (χ1v) is 11.6. The molecule has 0 aliphatic carbocycles. The number of benzene rings is 2. The van der Waals surface area contributed by atoms with Gasteiger partial charge in [-0.15, -0.1) is 0 Å². The summed E-state index contributed by atoms with van der Waals surface area (Å²) in [5, 5.41) is 3.44. The van der Waals surface area contributed by atoms with Gasteiger partial charge in [0.25, 0.3) is 5.95 Å². The van der Waals surface area contributed by atoms with E-state index in [1.807, 2.05) is 50.2 Å². The van der Waals surface area contributed by atoms with Crippen molar-refractivity contribution in [3.8, 4) is 0 Å². The number of nitrogens with one attached hydrogen (secondary N) is 1. The van der Waals surface area contributed by atoms with Crippen LogP contribution >= 0.6 is 7.29 Å². The van der Waals surface area contributed by atoms with Crippen LogP contribution in [0.2, 0.25) is 0 Å². The number of hydrogen-bond acceptors (Lipinski definition) is 3. The minimum atomic E-state index is -2.82. The summed E-state index contributed by atoms with van der Waals surface area (Å²) in [4.78, 5) is 0. The van der Waals surface area contributed by atoms with E-state index >= 15 is 0 Å². The molecule has 1 saturated heterocycles. The summed E-state index contributed by atoms with van der Waals surface area (Å²) in [6, 6.07) is 20.1. The highest BCUT2D eigenvalue weighted by Gasteiger charge is 2.47. The fourth-order valence-electron chi connectivity index (χ4n) is 4.05. The van der Waals surface area contributed by atoms with E-state index in [4.69, 9.17) is 17.4 Å². The lowest BCUT2D eigenvalue weighted by atomic mass is 10.0. The van der Waals surface area contributed by atoms with Crippen LogP contribution in [0.4, 0.5) is 0 Å². The summed E-state index contributed by atoms with van der Waals surface area (Å²) in [7, 11) is 2.47. The molecule has 6 heteroatoms. The zero-order valence-electron chi connectivity index (χ0n) is 16.5. The molecule has 3 atom stereocenters. The van der Waals surface area contributed by atoms with Crippen molar-refractivity contribution in [2.75, 3.05) is 6.61 Å². The molecule has 0 aromatic heterocycles. The Morgan fingerprint density at radius 1 is 1.11 bits per heavy atom. The van der Waals surface area contributed by atoms with E-state index in [1.165, 1.54) is 0 Å². The molecular weight excluding hydrogens is 368 g/mol. The van der Waals surface area contributed by atoms with Crippen LogP contribution in [-0.2, 0) is 14.0 Å². The van der Waals surface area contributed by atoms with Crippen molar-refractivity contribution >= 4 is 15.3 Å². The fraction of sp³-hybridized carbons (Fsp3) is 0.364. The molecule has 0 amide bonds. The maximum Gasteiger partial charge on any atom is 0.378 e. The van der Waals surface area contributed by atoms with Crippen molar-refractivity contribution in [3.63, 3.8) is 0 Å². The van der Waals surface area contributed by atoms with E-state index in [0.29, 0.717) is 6.61 Å². The molecule has 1 aliphatic rings. The third kappa shape index (κ3) is 4.53. The van der Waals surface area contributed by atoms with E-state index in [2.05, 4.69) is 29.4 Å². The van der Waals surface area contributed by atoms with Gasteiger partial charge in [0.2, 0.25) is 0 Å². The Hall–Kier alpha value is -1.97. The summed E-state index contributed by atoms with van der Waals surface area (Å²) in [5.74, 6) is 0.237. The van der Waals surface area contributed by atoms with Crippen LogP contribution in [0.15, 0.2) is 72.7 Å². The predicted molar refractivity (Wildman–Crippen MR) is 114 cm³/mol. The first-order chi connectivity index (χ1) is 13.6. The molecule has 28 heavy (non-hydrogen) atoms. The number of ether oxygens (including phenoxy) is 1. The first kappa shape index (κ1) is 20.8. The van der Waals surface area contributed by atoms with E-state index in [9.17, 15) is 4.57 Å². The van der Waals surface area contributed by atoms with Crippen LogP contribution in [0, 0.1) is 0 Å². The summed E-state index contributed by atoms with van der Waals surface area (Å²) in [5.41, 5.74) is 2.19. The van der Waals surface area contributed by atoms with Crippen LogP contribution < -0.4 is 5.09 Å². The monoisotopic (exact) mass is 395 g/mol. The molecule has 3 rings (SSSR count). The standard InChI is InChI=1S/C22H27BNO3P/c1-3-26-22(27-23)16-17(2)24-28(25)20(18-10-6-4-7-11-18)14-15-21(28)19-12-8-5-9-13-19/h4-13,16-17,20-21H,3,14-15H2,1-2H3,(H,24,25)/b22-16+/t17?,20-,21-/m0/s1. The van der Waals surface area contributed by atoms with Crippen molar-refractivity contribution in [2.45, 2.75) is 44.0 Å². The Morgan fingerprint density at radius 3 is 2.04 bits per heavy atom. The maximum atomic E-state index is 14.5. The molecule has 0 spiro atoms. The molecule has 1 heterocycles. The van der Waals surface area contributed by atoms with Gasteiger partial charge in [-0.3, -0.25) is 5.09 Å². The van der Waals surface area contributed by atoms with E-state index in [0.717, 1.165) is 24.0 Å². The van der Waals surface area contributed by atoms with Crippen LogP contribution in [0.3, 0.4) is 0 Å². The van der Waals surface area contributed by atoms with Gasteiger partial charge in [-0.25, -0.2) is 0 Å². The summed E-state index contributed by atoms with van der Waals surface area (Å²) >= 11 is 0. The fourth-order valence-corrected chi connectivity index (χ4v) is 7.85. The Morgan fingerprint density at radius 2 is 1.61 bits per heavy atom. The zero-order valence-corrected chi connectivity index (χ0v) is 17.3. The first-order valence-electron chi connectivity index (χ1n) is 9.77. The average molecular weight is 395 g/mol. The molecule has 2 aromatic carbocycles. The van der Waals surface area contributed by atoms with Gasteiger partial charge >= 0.3 is 8.05 Å². The van der Waals surface area contributed by atoms with Crippen molar-refractivity contribution in [1.82, 2.24) is 5.09 Å². The predicted octanol–water partition coefficient (Wildman–Crippen LogP) is 5.50. The third-order valence-electron chi connectivity index (χ3n) is 5.20. The topological polar surface area (TPSA) is 47.6 Å². The Bertz CT molecular complexity index is 777. The van der Waals surface area contributed by atoms with E-state index in [-0.39, 0.29) is 23.3 Å². The minimum Gasteiger partial charge on any atom is -0.543 e. The quantitative estimate of drug-likeness (QED) is 0.365. The van der Waals surface area contributed by atoms with Gasteiger partial charge in [0.05, 0.1) is 17.9 Å². The Labute approximate surface area is 169 Å².